The van der Waals surface area contributed by atoms with E-state index in [1.165, 1.54) is 0 Å². The molecule has 0 spiro atoms. The number of amides is 1. The van der Waals surface area contributed by atoms with Gasteiger partial charge in [0.2, 0.25) is 0 Å². The van der Waals surface area contributed by atoms with Crippen LogP contribution in [-0.2, 0) is 4.79 Å². The van der Waals surface area contributed by atoms with Gasteiger partial charge in [0.15, 0.2) is 6.61 Å². The molecule has 7 heteroatoms. The molecule has 0 atom stereocenters. The minimum absolute atomic E-state index is 0. The van der Waals surface area contributed by atoms with Crippen LogP contribution in [0.5, 0.6) is 11.5 Å². The molecular weight excluding hydrogens is 275 g/mol. The summed E-state index contributed by atoms with van der Waals surface area (Å²) in [7, 11) is 0. The molecule has 0 aromatic heterocycles. The molecule has 3 N–H and O–H groups in total. The Morgan fingerprint density at radius 1 is 1.58 bits per heavy atom. The van der Waals surface area contributed by atoms with Crippen molar-refractivity contribution in [3.8, 4) is 11.5 Å². The molecule has 104 valence electrons. The van der Waals surface area contributed by atoms with Crippen LogP contribution in [0.1, 0.15) is 0 Å². The molecule has 0 fully saturated rings. The first-order valence-corrected chi connectivity index (χ1v) is 5.40. The maximum Gasteiger partial charge on any atom is 0.262 e. The number of hydrogen-bond acceptors (Lipinski definition) is 4. The van der Waals surface area contributed by atoms with Gasteiger partial charge in [-0.1, -0.05) is 0 Å². The first-order chi connectivity index (χ1) is 8.72. The number of nitrogens with one attached hydrogen (secondary N) is 1. The summed E-state index contributed by atoms with van der Waals surface area (Å²) in [5, 5.41) is 2.66. The second-order valence-corrected chi connectivity index (χ2v) is 3.75. The summed E-state index contributed by atoms with van der Waals surface area (Å²) < 4.78 is 22.8. The van der Waals surface area contributed by atoms with E-state index in [4.69, 9.17) is 15.2 Å². The summed E-state index contributed by atoms with van der Waals surface area (Å²) >= 11 is 0. The number of hydrogen-bond donors (Lipinski definition) is 2. The number of carbonyl (C=O) groups is 1. The summed E-state index contributed by atoms with van der Waals surface area (Å²) in [6, 6.07) is 4.99. The lowest BCUT2D eigenvalue weighted by Crippen LogP contribution is -2.25. The van der Waals surface area contributed by atoms with Gasteiger partial charge in [-0.15, -0.1) is 12.4 Å². The summed E-state index contributed by atoms with van der Waals surface area (Å²) in [6.45, 7) is 0.178. The second-order valence-electron chi connectivity index (χ2n) is 3.75. The van der Waals surface area contributed by atoms with Crippen LogP contribution in [0.3, 0.4) is 0 Å². The molecule has 0 aliphatic carbocycles. The third-order valence-electron chi connectivity index (χ3n) is 2.42. The van der Waals surface area contributed by atoms with Crippen molar-refractivity contribution in [1.82, 2.24) is 0 Å². The largest absolute Gasteiger partial charge is 0.489 e. The van der Waals surface area contributed by atoms with Gasteiger partial charge in [-0.2, -0.15) is 0 Å². The topological polar surface area (TPSA) is 73.6 Å². The standard InChI is InChI=1S/C12H13FN2O3.ClH/c13-4-8(5-14)6-17-9-1-2-11-10(3-9)15-12(16)7-18-11;/h1-4H,5-7,14H2,(H,15,16);1H/b8-4+;. The maximum absolute atomic E-state index is 12.3. The molecule has 0 unspecified atom stereocenters. The van der Waals surface area contributed by atoms with E-state index in [2.05, 4.69) is 5.32 Å². The highest BCUT2D eigenvalue weighted by Crippen LogP contribution is 2.31. The van der Waals surface area contributed by atoms with E-state index < -0.39 is 0 Å². The highest BCUT2D eigenvalue weighted by atomic mass is 35.5. The Morgan fingerprint density at radius 2 is 2.37 bits per heavy atom. The van der Waals surface area contributed by atoms with Gasteiger partial charge in [0.05, 0.1) is 12.0 Å². The number of carbonyl (C=O) groups excluding carboxylic acids is 1. The summed E-state index contributed by atoms with van der Waals surface area (Å²) in [4.78, 5) is 11.1. The van der Waals surface area contributed by atoms with Gasteiger partial charge in [-0.3, -0.25) is 4.79 Å². The van der Waals surface area contributed by atoms with E-state index in [0.717, 1.165) is 0 Å². The molecule has 1 amide bonds. The fourth-order valence-corrected chi connectivity index (χ4v) is 1.46. The van der Waals surface area contributed by atoms with Crippen molar-refractivity contribution < 1.29 is 18.7 Å². The Balaban J connectivity index is 0.00000180. The van der Waals surface area contributed by atoms with Crippen LogP contribution in [0.15, 0.2) is 30.1 Å². The predicted molar refractivity (Wildman–Crippen MR) is 71.6 cm³/mol. The van der Waals surface area contributed by atoms with Crippen LogP contribution in [0, 0.1) is 0 Å². The highest BCUT2D eigenvalue weighted by molar-refractivity contribution is 5.95. The van der Waals surface area contributed by atoms with Gasteiger partial charge in [0.25, 0.3) is 5.91 Å². The fraction of sp³-hybridized carbons (Fsp3) is 0.250. The van der Waals surface area contributed by atoms with Crippen LogP contribution in [0.25, 0.3) is 0 Å². The SMILES string of the molecule is Cl.NC/C(=C\F)COc1ccc2c(c1)NC(=O)CO2. The van der Waals surface area contributed by atoms with Crippen molar-refractivity contribution in [3.05, 3.63) is 30.1 Å². The Labute approximate surface area is 116 Å². The van der Waals surface area contributed by atoms with Gasteiger partial charge in [0, 0.05) is 18.2 Å². The average molecular weight is 289 g/mol. The zero-order valence-corrected chi connectivity index (χ0v) is 10.8. The molecule has 19 heavy (non-hydrogen) atoms. The normalized spacial score (nSPS) is 13.8. The van der Waals surface area contributed by atoms with Gasteiger partial charge >= 0.3 is 0 Å². The summed E-state index contributed by atoms with van der Waals surface area (Å²) in [5.74, 6) is 0.875. The number of anilines is 1. The number of fused-ring (bicyclic) bond motifs is 1. The number of benzene rings is 1. The molecule has 0 bridgehead atoms. The zero-order valence-electron chi connectivity index (χ0n) is 10.0. The van der Waals surface area contributed by atoms with Crippen LogP contribution in [0.4, 0.5) is 10.1 Å². The number of ether oxygens (including phenoxy) is 2. The van der Waals surface area contributed by atoms with Crippen molar-refractivity contribution in [2.75, 3.05) is 25.1 Å². The Hall–Kier alpha value is -1.79. The molecule has 0 saturated heterocycles. The maximum atomic E-state index is 12.3. The van der Waals surface area contributed by atoms with Crippen molar-refractivity contribution in [2.24, 2.45) is 5.73 Å². The Bertz CT molecular complexity index is 494. The van der Waals surface area contributed by atoms with Gasteiger partial charge in [-0.05, 0) is 12.1 Å². The quantitative estimate of drug-likeness (QED) is 0.883. The highest BCUT2D eigenvalue weighted by Gasteiger charge is 2.16. The summed E-state index contributed by atoms with van der Waals surface area (Å²) in [6.07, 6.45) is 0.434. The Kier molecular flexibility index (Phi) is 5.59. The fourth-order valence-electron chi connectivity index (χ4n) is 1.46. The molecule has 0 saturated carbocycles. The number of nitrogens with two attached hydrogens (primary N) is 1. The van der Waals surface area contributed by atoms with Gasteiger partial charge in [-0.25, -0.2) is 4.39 Å². The van der Waals surface area contributed by atoms with Crippen molar-refractivity contribution in [3.63, 3.8) is 0 Å². The van der Waals surface area contributed by atoms with Crippen LogP contribution < -0.4 is 20.5 Å². The molecule has 0 radical (unpaired) electrons. The van der Waals surface area contributed by atoms with Crippen molar-refractivity contribution in [1.29, 1.82) is 0 Å². The lowest BCUT2D eigenvalue weighted by Gasteiger charge is -2.18. The van der Waals surface area contributed by atoms with Crippen molar-refractivity contribution >= 4 is 24.0 Å². The van der Waals surface area contributed by atoms with E-state index in [0.29, 0.717) is 29.1 Å². The van der Waals surface area contributed by atoms with E-state index in [1.54, 1.807) is 18.2 Å². The Morgan fingerprint density at radius 3 is 3.05 bits per heavy atom. The van der Waals surface area contributed by atoms with E-state index >= 15 is 0 Å². The molecule has 5 nitrogen and oxygen atoms in total. The molecule has 1 aliphatic rings. The average Bonchev–Trinajstić information content (AvgIpc) is 2.39. The minimum Gasteiger partial charge on any atom is -0.489 e. The van der Waals surface area contributed by atoms with Gasteiger partial charge in [0.1, 0.15) is 18.1 Å². The predicted octanol–water partition coefficient (Wildman–Crippen LogP) is 1.63. The first kappa shape index (κ1) is 15.3. The third-order valence-corrected chi connectivity index (χ3v) is 2.42. The van der Waals surface area contributed by atoms with Crippen molar-refractivity contribution in [2.45, 2.75) is 0 Å². The number of halogens is 2. The second kappa shape index (κ2) is 6.96. The molecule has 1 aromatic carbocycles. The molecular formula is C12H14ClFN2O3. The number of rotatable bonds is 4. The smallest absolute Gasteiger partial charge is 0.262 e. The molecule has 1 aromatic rings. The molecule has 1 heterocycles. The van der Waals surface area contributed by atoms with Crippen LogP contribution in [0.2, 0.25) is 0 Å². The van der Waals surface area contributed by atoms with E-state index in [-0.39, 0.29) is 38.1 Å². The zero-order chi connectivity index (χ0) is 13.0. The van der Waals surface area contributed by atoms with Crippen LogP contribution >= 0.6 is 12.4 Å². The summed E-state index contributed by atoms with van der Waals surface area (Å²) in [5.41, 5.74) is 6.21. The lowest BCUT2D eigenvalue weighted by molar-refractivity contribution is -0.118. The lowest BCUT2D eigenvalue weighted by atomic mass is 10.2. The van der Waals surface area contributed by atoms with E-state index in [9.17, 15) is 9.18 Å². The van der Waals surface area contributed by atoms with E-state index in [1.807, 2.05) is 0 Å². The first-order valence-electron chi connectivity index (χ1n) is 5.40. The molecule has 2 rings (SSSR count). The third kappa shape index (κ3) is 3.84. The van der Waals surface area contributed by atoms with Crippen LogP contribution in [-0.4, -0.2) is 25.7 Å². The minimum atomic E-state index is -0.217. The molecule has 1 aliphatic heterocycles. The monoisotopic (exact) mass is 288 g/mol. The van der Waals surface area contributed by atoms with Gasteiger partial charge < -0.3 is 20.5 Å².